The first-order chi connectivity index (χ1) is 24.8. The molecular weight excluding hydrogens is 615 g/mol. The molecular formula is C45H29N3O2. The first-order valence-electron chi connectivity index (χ1n) is 16.9. The Hall–Kier alpha value is -6.59. The average Bonchev–Trinajstić information content (AvgIpc) is 3.77. The fraction of sp³-hybridized carbons (Fsp3) is 0.0444. The summed E-state index contributed by atoms with van der Waals surface area (Å²) in [4.78, 5) is 15.3. The SMILES string of the molecule is C1=C(c2ccccc2)CCC(c2nc(-c3ccccc3)nc(-c3cccc4oc5c(-c6ccc7oc8ccccc8c7c6)cccc5c34)n2)=C1. The van der Waals surface area contributed by atoms with E-state index in [1.165, 1.54) is 11.1 Å². The van der Waals surface area contributed by atoms with Crippen molar-refractivity contribution in [2.75, 3.05) is 0 Å². The quantitative estimate of drug-likeness (QED) is 0.187. The molecule has 0 saturated carbocycles. The van der Waals surface area contributed by atoms with Crippen LogP contribution in [0, 0.1) is 0 Å². The first kappa shape index (κ1) is 28.4. The van der Waals surface area contributed by atoms with Crippen molar-refractivity contribution >= 4 is 55.0 Å². The molecule has 0 saturated heterocycles. The zero-order valence-electron chi connectivity index (χ0n) is 27.0. The molecule has 1 aliphatic rings. The van der Waals surface area contributed by atoms with Gasteiger partial charge in [0.15, 0.2) is 17.5 Å². The molecule has 3 aromatic heterocycles. The number of hydrogen-bond donors (Lipinski definition) is 0. The molecule has 1 aliphatic carbocycles. The van der Waals surface area contributed by atoms with E-state index in [0.717, 1.165) is 84.5 Å². The van der Waals surface area contributed by atoms with E-state index in [9.17, 15) is 0 Å². The lowest BCUT2D eigenvalue weighted by Crippen LogP contribution is -2.04. The van der Waals surface area contributed by atoms with Crippen LogP contribution in [0.4, 0.5) is 0 Å². The van der Waals surface area contributed by atoms with Gasteiger partial charge in [0.05, 0.1) is 0 Å². The van der Waals surface area contributed by atoms with E-state index >= 15 is 0 Å². The molecule has 10 rings (SSSR count). The smallest absolute Gasteiger partial charge is 0.164 e. The van der Waals surface area contributed by atoms with E-state index in [0.29, 0.717) is 17.5 Å². The van der Waals surface area contributed by atoms with Crippen molar-refractivity contribution in [1.29, 1.82) is 0 Å². The lowest BCUT2D eigenvalue weighted by atomic mass is 9.93. The molecule has 0 aliphatic heterocycles. The molecule has 0 spiro atoms. The highest BCUT2D eigenvalue weighted by Crippen LogP contribution is 2.42. The molecule has 0 N–H and O–H groups in total. The predicted molar refractivity (Wildman–Crippen MR) is 202 cm³/mol. The monoisotopic (exact) mass is 643 g/mol. The van der Waals surface area contributed by atoms with Gasteiger partial charge in [0.1, 0.15) is 22.3 Å². The van der Waals surface area contributed by atoms with Gasteiger partial charge in [0.25, 0.3) is 0 Å². The second-order valence-electron chi connectivity index (χ2n) is 12.7. The molecule has 0 fully saturated rings. The number of rotatable bonds is 5. The first-order valence-corrected chi connectivity index (χ1v) is 16.9. The molecule has 3 heterocycles. The van der Waals surface area contributed by atoms with Crippen molar-refractivity contribution < 1.29 is 8.83 Å². The number of fused-ring (bicyclic) bond motifs is 6. The minimum absolute atomic E-state index is 0.623. The second-order valence-corrected chi connectivity index (χ2v) is 12.7. The third kappa shape index (κ3) is 4.74. The summed E-state index contributed by atoms with van der Waals surface area (Å²) >= 11 is 0. The highest BCUT2D eigenvalue weighted by atomic mass is 16.3. The second kappa shape index (κ2) is 11.5. The van der Waals surface area contributed by atoms with Crippen LogP contribution >= 0.6 is 0 Å². The third-order valence-electron chi connectivity index (χ3n) is 9.70. The Kier molecular flexibility index (Phi) is 6.56. The average molecular weight is 644 g/mol. The van der Waals surface area contributed by atoms with Crippen LogP contribution in [0.3, 0.4) is 0 Å². The van der Waals surface area contributed by atoms with Gasteiger partial charge in [-0.15, -0.1) is 0 Å². The molecule has 0 atom stereocenters. The normalized spacial score (nSPS) is 13.3. The number of furan rings is 2. The van der Waals surface area contributed by atoms with Crippen LogP contribution in [0.1, 0.15) is 24.2 Å². The molecule has 5 heteroatoms. The molecule has 0 bridgehead atoms. The topological polar surface area (TPSA) is 65.0 Å². The third-order valence-corrected chi connectivity index (χ3v) is 9.70. The summed E-state index contributed by atoms with van der Waals surface area (Å²) in [7, 11) is 0. The van der Waals surface area contributed by atoms with E-state index in [-0.39, 0.29) is 0 Å². The van der Waals surface area contributed by atoms with E-state index < -0.39 is 0 Å². The zero-order chi connectivity index (χ0) is 33.0. The van der Waals surface area contributed by atoms with Crippen molar-refractivity contribution in [1.82, 2.24) is 15.0 Å². The van der Waals surface area contributed by atoms with E-state index in [1.807, 2.05) is 66.7 Å². The number of para-hydroxylation sites is 2. The van der Waals surface area contributed by atoms with Crippen molar-refractivity contribution in [2.45, 2.75) is 12.8 Å². The lowest BCUT2D eigenvalue weighted by Gasteiger charge is -2.15. The molecule has 6 aromatic carbocycles. The molecule has 0 radical (unpaired) electrons. The molecule has 236 valence electrons. The summed E-state index contributed by atoms with van der Waals surface area (Å²) in [5.41, 5.74) is 11.0. The minimum atomic E-state index is 0.623. The van der Waals surface area contributed by atoms with Crippen molar-refractivity contribution in [3.63, 3.8) is 0 Å². The highest BCUT2D eigenvalue weighted by Gasteiger charge is 2.21. The lowest BCUT2D eigenvalue weighted by molar-refractivity contribution is 0.668. The maximum absolute atomic E-state index is 6.68. The van der Waals surface area contributed by atoms with Gasteiger partial charge in [-0.1, -0.05) is 127 Å². The van der Waals surface area contributed by atoms with Gasteiger partial charge in [-0.25, -0.2) is 15.0 Å². The van der Waals surface area contributed by atoms with Gasteiger partial charge < -0.3 is 8.83 Å². The van der Waals surface area contributed by atoms with Crippen LogP contribution in [0.5, 0.6) is 0 Å². The van der Waals surface area contributed by atoms with Crippen LogP contribution in [0.15, 0.2) is 161 Å². The van der Waals surface area contributed by atoms with Gasteiger partial charge in [-0.05, 0) is 59.4 Å². The molecule has 0 amide bonds. The molecule has 50 heavy (non-hydrogen) atoms. The number of allylic oxidation sites excluding steroid dienone is 4. The largest absolute Gasteiger partial charge is 0.456 e. The van der Waals surface area contributed by atoms with Crippen LogP contribution < -0.4 is 0 Å². The van der Waals surface area contributed by atoms with Gasteiger partial charge >= 0.3 is 0 Å². The molecule has 5 nitrogen and oxygen atoms in total. The van der Waals surface area contributed by atoms with Crippen LogP contribution in [-0.2, 0) is 0 Å². The predicted octanol–water partition coefficient (Wildman–Crippen LogP) is 11.9. The number of aromatic nitrogens is 3. The van der Waals surface area contributed by atoms with Gasteiger partial charge in [0.2, 0.25) is 0 Å². The summed E-state index contributed by atoms with van der Waals surface area (Å²) in [6.07, 6.45) is 6.13. The summed E-state index contributed by atoms with van der Waals surface area (Å²) in [5.74, 6) is 1.97. The van der Waals surface area contributed by atoms with E-state index in [1.54, 1.807) is 0 Å². The van der Waals surface area contributed by atoms with E-state index in [2.05, 4.69) is 84.9 Å². The maximum Gasteiger partial charge on any atom is 0.164 e. The Morgan fingerprint density at radius 1 is 0.400 bits per heavy atom. The van der Waals surface area contributed by atoms with Gasteiger partial charge in [-0.2, -0.15) is 0 Å². The van der Waals surface area contributed by atoms with Crippen molar-refractivity contribution in [3.8, 4) is 33.9 Å². The fourth-order valence-corrected chi connectivity index (χ4v) is 7.23. The van der Waals surface area contributed by atoms with Crippen molar-refractivity contribution in [2.24, 2.45) is 0 Å². The highest BCUT2D eigenvalue weighted by molar-refractivity contribution is 6.15. The summed E-state index contributed by atoms with van der Waals surface area (Å²) in [6, 6.07) is 47.7. The van der Waals surface area contributed by atoms with Gasteiger partial charge in [-0.3, -0.25) is 0 Å². The Labute approximate surface area is 287 Å². The zero-order valence-corrected chi connectivity index (χ0v) is 27.0. The summed E-state index contributed by atoms with van der Waals surface area (Å²) < 4.78 is 12.8. The number of hydrogen-bond acceptors (Lipinski definition) is 5. The minimum Gasteiger partial charge on any atom is -0.456 e. The Bertz CT molecular complexity index is 2810. The molecule has 9 aromatic rings. The standard InChI is InChI=1S/C45H29N3O2/c1-3-11-28(12-4-1)29-21-23-31(24-22-29)44-46-43(30-13-5-2-6-14-30)47-45(48-44)36-18-10-20-40-41(36)35-17-9-16-33(42(35)50-40)32-25-26-39-37(27-32)34-15-7-8-19-38(34)49-39/h1-21,23,25-27H,22,24H2. The van der Waals surface area contributed by atoms with Crippen LogP contribution in [-0.4, -0.2) is 15.0 Å². The Morgan fingerprint density at radius 2 is 1.04 bits per heavy atom. The summed E-state index contributed by atoms with van der Waals surface area (Å²) in [5, 5.41) is 4.18. The Balaban J connectivity index is 1.14. The van der Waals surface area contributed by atoms with Crippen LogP contribution in [0.2, 0.25) is 0 Å². The van der Waals surface area contributed by atoms with Gasteiger partial charge in [0, 0.05) is 38.2 Å². The number of benzene rings is 6. The van der Waals surface area contributed by atoms with Crippen molar-refractivity contribution in [3.05, 3.63) is 163 Å². The number of nitrogens with zero attached hydrogens (tertiary/aromatic N) is 3. The molecule has 0 unspecified atom stereocenters. The Morgan fingerprint density at radius 3 is 1.88 bits per heavy atom. The maximum atomic E-state index is 6.68. The van der Waals surface area contributed by atoms with E-state index in [4.69, 9.17) is 23.8 Å². The fourth-order valence-electron chi connectivity index (χ4n) is 7.23. The summed E-state index contributed by atoms with van der Waals surface area (Å²) in [6.45, 7) is 0. The van der Waals surface area contributed by atoms with Crippen LogP contribution in [0.25, 0.3) is 88.9 Å².